The normalized spacial score (nSPS) is 11.0. The summed E-state index contributed by atoms with van der Waals surface area (Å²) in [6, 6.07) is 11.3. The molecule has 0 N–H and O–H groups in total. The maximum Gasteiger partial charge on any atom is 0.269 e. The number of ketones is 1. The van der Waals surface area contributed by atoms with Crippen LogP contribution in [0.5, 0.6) is 11.5 Å². The maximum atomic E-state index is 12.0. The molecule has 0 spiro atoms. The number of methoxy groups -OCH3 is 2. The third-order valence-electron chi connectivity index (χ3n) is 3.42. The van der Waals surface area contributed by atoms with Gasteiger partial charge in [-0.25, -0.2) is 0 Å². The van der Waals surface area contributed by atoms with Crippen molar-refractivity contribution < 1.29 is 19.2 Å². The Morgan fingerprint density at radius 3 is 2.04 bits per heavy atom. The van der Waals surface area contributed by atoms with E-state index in [2.05, 4.69) is 0 Å². The van der Waals surface area contributed by atoms with Gasteiger partial charge in [0.25, 0.3) is 5.69 Å². The number of rotatable bonds is 7. The van der Waals surface area contributed by atoms with E-state index in [0.717, 1.165) is 0 Å². The molecule has 0 bridgehead atoms. The molecule has 0 atom stereocenters. The highest BCUT2D eigenvalue weighted by Crippen LogP contribution is 2.29. The van der Waals surface area contributed by atoms with Gasteiger partial charge in [-0.3, -0.25) is 14.9 Å². The Kier molecular flexibility index (Phi) is 6.06. The van der Waals surface area contributed by atoms with Gasteiger partial charge in [0, 0.05) is 12.1 Å². The molecule has 6 heteroatoms. The summed E-state index contributed by atoms with van der Waals surface area (Å²) in [6.45, 7) is 0. The predicted octanol–water partition coefficient (Wildman–Crippen LogP) is 3.91. The van der Waals surface area contributed by atoms with Crippen LogP contribution in [0.2, 0.25) is 0 Å². The predicted molar refractivity (Wildman–Crippen MR) is 95.7 cm³/mol. The summed E-state index contributed by atoms with van der Waals surface area (Å²) in [5.41, 5.74) is 1.37. The van der Waals surface area contributed by atoms with Gasteiger partial charge in [-0.1, -0.05) is 12.1 Å². The quantitative estimate of drug-likeness (QED) is 0.434. The molecule has 6 nitrogen and oxygen atoms in total. The lowest BCUT2D eigenvalue weighted by atomic mass is 10.1. The second-order valence-corrected chi connectivity index (χ2v) is 4.99. The summed E-state index contributed by atoms with van der Waals surface area (Å²) in [4.78, 5) is 22.1. The molecule has 0 saturated carbocycles. The van der Waals surface area contributed by atoms with Crippen LogP contribution in [-0.4, -0.2) is 24.9 Å². The number of nitro benzene ring substituents is 1. The van der Waals surface area contributed by atoms with Crippen molar-refractivity contribution in [2.75, 3.05) is 14.2 Å². The van der Waals surface area contributed by atoms with Gasteiger partial charge in [-0.2, -0.15) is 0 Å². The number of hydrogen-bond acceptors (Lipinski definition) is 5. The number of carbonyl (C=O) groups is 1. The Labute approximate surface area is 145 Å². The Hall–Kier alpha value is -3.41. The van der Waals surface area contributed by atoms with Crippen LogP contribution in [0.15, 0.2) is 54.6 Å². The molecule has 2 aromatic carbocycles. The van der Waals surface area contributed by atoms with E-state index in [0.29, 0.717) is 22.6 Å². The summed E-state index contributed by atoms with van der Waals surface area (Å²) in [5.74, 6) is 0.969. The van der Waals surface area contributed by atoms with Crippen molar-refractivity contribution in [3.63, 3.8) is 0 Å². The van der Waals surface area contributed by atoms with E-state index < -0.39 is 4.92 Å². The van der Waals surface area contributed by atoms with Crippen LogP contribution in [0, 0.1) is 10.1 Å². The van der Waals surface area contributed by atoms with Gasteiger partial charge >= 0.3 is 0 Å². The fourth-order valence-corrected chi connectivity index (χ4v) is 2.15. The number of allylic oxidation sites excluding steroid dienone is 2. The van der Waals surface area contributed by atoms with Crippen LogP contribution in [-0.2, 0) is 4.79 Å². The highest BCUT2D eigenvalue weighted by molar-refractivity contribution is 6.04. The van der Waals surface area contributed by atoms with Crippen molar-refractivity contribution in [1.29, 1.82) is 0 Å². The maximum absolute atomic E-state index is 12.0. The summed E-state index contributed by atoms with van der Waals surface area (Å²) in [5, 5.41) is 10.6. The van der Waals surface area contributed by atoms with E-state index in [1.165, 1.54) is 24.3 Å². The van der Waals surface area contributed by atoms with Crippen LogP contribution in [0.25, 0.3) is 12.2 Å². The van der Waals surface area contributed by atoms with Gasteiger partial charge in [0.1, 0.15) is 11.5 Å². The highest BCUT2D eigenvalue weighted by atomic mass is 16.6. The zero-order valence-electron chi connectivity index (χ0n) is 13.8. The molecule has 128 valence electrons. The molecule has 25 heavy (non-hydrogen) atoms. The Bertz CT molecular complexity index is 800. The lowest BCUT2D eigenvalue weighted by molar-refractivity contribution is -0.384. The van der Waals surface area contributed by atoms with Crippen LogP contribution < -0.4 is 9.47 Å². The minimum Gasteiger partial charge on any atom is -0.496 e. The van der Waals surface area contributed by atoms with Crippen molar-refractivity contribution in [3.05, 3.63) is 75.9 Å². The molecular weight excluding hydrogens is 322 g/mol. The minimum absolute atomic E-state index is 0.00615. The van der Waals surface area contributed by atoms with E-state index in [9.17, 15) is 14.9 Å². The van der Waals surface area contributed by atoms with E-state index >= 15 is 0 Å². The number of nitro groups is 1. The van der Waals surface area contributed by atoms with Crippen LogP contribution in [0.4, 0.5) is 5.69 Å². The zero-order chi connectivity index (χ0) is 18.2. The second-order valence-electron chi connectivity index (χ2n) is 4.99. The number of ether oxygens (including phenoxy) is 2. The average molecular weight is 339 g/mol. The summed E-state index contributed by atoms with van der Waals surface area (Å²) < 4.78 is 10.5. The van der Waals surface area contributed by atoms with Crippen LogP contribution >= 0.6 is 0 Å². The van der Waals surface area contributed by atoms with Crippen LogP contribution in [0.3, 0.4) is 0 Å². The van der Waals surface area contributed by atoms with E-state index in [4.69, 9.17) is 9.47 Å². The van der Waals surface area contributed by atoms with Gasteiger partial charge in [-0.05, 0) is 48.1 Å². The summed E-state index contributed by atoms with van der Waals surface area (Å²) in [6.07, 6.45) is 6.01. The van der Waals surface area contributed by atoms with Crippen LogP contribution in [0.1, 0.15) is 11.1 Å². The van der Waals surface area contributed by atoms with Crippen molar-refractivity contribution >= 4 is 23.6 Å². The summed E-state index contributed by atoms with van der Waals surface area (Å²) in [7, 11) is 3.09. The van der Waals surface area contributed by atoms with Gasteiger partial charge in [0.2, 0.25) is 0 Å². The first-order valence-electron chi connectivity index (χ1n) is 7.40. The van der Waals surface area contributed by atoms with Gasteiger partial charge in [0.05, 0.1) is 24.7 Å². The van der Waals surface area contributed by atoms with Crippen molar-refractivity contribution in [1.82, 2.24) is 0 Å². The number of carbonyl (C=O) groups excluding carboxylic acids is 1. The number of nitrogens with zero attached hydrogens (tertiary/aromatic N) is 1. The SMILES string of the molecule is COc1cccc(OC)c1/C=C/C(=O)/C=C/c1ccc([N+](=O)[O-])cc1. The average Bonchev–Trinajstić information content (AvgIpc) is 2.64. The van der Waals surface area contributed by atoms with E-state index in [1.54, 1.807) is 56.7 Å². The van der Waals surface area contributed by atoms with Gasteiger partial charge < -0.3 is 9.47 Å². The third-order valence-corrected chi connectivity index (χ3v) is 3.42. The molecule has 0 unspecified atom stereocenters. The van der Waals surface area contributed by atoms with Crippen molar-refractivity contribution in [3.8, 4) is 11.5 Å². The topological polar surface area (TPSA) is 78.7 Å². The Morgan fingerprint density at radius 2 is 1.52 bits per heavy atom. The van der Waals surface area contributed by atoms with E-state index in [-0.39, 0.29) is 11.5 Å². The lowest BCUT2D eigenvalue weighted by Gasteiger charge is -2.09. The molecule has 0 radical (unpaired) electrons. The Balaban J connectivity index is 2.12. The molecule has 0 aliphatic carbocycles. The smallest absolute Gasteiger partial charge is 0.269 e. The number of benzene rings is 2. The molecule has 2 aromatic rings. The number of non-ortho nitro benzene ring substituents is 1. The van der Waals surface area contributed by atoms with Gasteiger partial charge in [-0.15, -0.1) is 0 Å². The van der Waals surface area contributed by atoms with Gasteiger partial charge in [0.15, 0.2) is 5.78 Å². The molecule has 0 aliphatic heterocycles. The summed E-state index contributed by atoms with van der Waals surface area (Å²) >= 11 is 0. The third kappa shape index (κ3) is 4.78. The standard InChI is InChI=1S/C19H17NO5/c1-24-18-4-3-5-19(25-2)17(18)13-12-16(21)11-8-14-6-9-15(10-7-14)20(22)23/h3-13H,1-2H3/b11-8+,13-12+. The lowest BCUT2D eigenvalue weighted by Crippen LogP contribution is -1.93. The number of hydrogen-bond donors (Lipinski definition) is 0. The highest BCUT2D eigenvalue weighted by Gasteiger charge is 2.06. The molecule has 0 saturated heterocycles. The minimum atomic E-state index is -0.470. The molecule has 2 rings (SSSR count). The molecular formula is C19H17NO5. The molecule has 0 heterocycles. The van der Waals surface area contributed by atoms with Crippen molar-refractivity contribution in [2.45, 2.75) is 0 Å². The zero-order valence-corrected chi connectivity index (χ0v) is 13.8. The van der Waals surface area contributed by atoms with Crippen molar-refractivity contribution in [2.24, 2.45) is 0 Å². The largest absolute Gasteiger partial charge is 0.496 e. The fourth-order valence-electron chi connectivity index (χ4n) is 2.15. The first kappa shape index (κ1) is 17.9. The second kappa shape index (κ2) is 8.44. The fraction of sp³-hybridized carbons (Fsp3) is 0.105. The monoisotopic (exact) mass is 339 g/mol. The molecule has 0 amide bonds. The Morgan fingerprint density at radius 1 is 0.960 bits per heavy atom. The van der Waals surface area contributed by atoms with E-state index in [1.807, 2.05) is 0 Å². The molecule has 0 fully saturated rings. The molecule has 0 aliphatic rings. The molecule has 0 aromatic heterocycles. The first-order chi connectivity index (χ1) is 12.0. The first-order valence-corrected chi connectivity index (χ1v) is 7.40.